The summed E-state index contributed by atoms with van der Waals surface area (Å²) in [6, 6.07) is 10.8. The molecule has 1 N–H and O–H groups in total. The molecular formula is C34H43N5O4S. The van der Waals surface area contributed by atoms with Crippen molar-refractivity contribution >= 4 is 28.8 Å². The largest absolute Gasteiger partial charge is 0.479 e. The van der Waals surface area contributed by atoms with Crippen molar-refractivity contribution in [3.63, 3.8) is 0 Å². The number of anilines is 1. The van der Waals surface area contributed by atoms with Crippen molar-refractivity contribution in [3.05, 3.63) is 63.8 Å². The van der Waals surface area contributed by atoms with Crippen LogP contribution >= 0.6 is 11.3 Å². The number of aryl methyl sites for hydroxylation is 2. The van der Waals surface area contributed by atoms with Crippen molar-refractivity contribution in [2.45, 2.75) is 96.9 Å². The average molecular weight is 618 g/mol. The highest BCUT2D eigenvalue weighted by atomic mass is 32.1. The van der Waals surface area contributed by atoms with E-state index in [1.54, 1.807) is 15.9 Å². The highest BCUT2D eigenvalue weighted by Gasteiger charge is 2.38. The molecule has 4 aromatic rings. The molecule has 8 bridgehead atoms. The van der Waals surface area contributed by atoms with E-state index >= 15 is 0 Å². The minimum atomic E-state index is -1.20. The number of ether oxygens (including phenoxy) is 2. The van der Waals surface area contributed by atoms with Crippen LogP contribution in [-0.2, 0) is 27.1 Å². The average Bonchev–Trinajstić information content (AvgIpc) is 3.60. The van der Waals surface area contributed by atoms with Gasteiger partial charge in [0.25, 0.3) is 0 Å². The van der Waals surface area contributed by atoms with Gasteiger partial charge in [-0.3, -0.25) is 0 Å². The van der Waals surface area contributed by atoms with Crippen molar-refractivity contribution in [1.82, 2.24) is 19.6 Å². The van der Waals surface area contributed by atoms with Crippen LogP contribution in [0.5, 0.6) is 0 Å². The molecular weight excluding hydrogens is 574 g/mol. The Kier molecular flexibility index (Phi) is 8.52. The van der Waals surface area contributed by atoms with E-state index in [2.05, 4.69) is 36.1 Å². The summed E-state index contributed by atoms with van der Waals surface area (Å²) in [4.78, 5) is 25.8. The molecule has 7 rings (SSSR count). The first-order valence-electron chi connectivity index (χ1n) is 15.7. The number of carboxylic acids is 1. The summed E-state index contributed by atoms with van der Waals surface area (Å²) in [5.41, 5.74) is 4.29. The maximum absolute atomic E-state index is 12.7. The number of fused-ring (bicyclic) bond motifs is 7. The third-order valence-electron chi connectivity index (χ3n) is 8.59. The second kappa shape index (κ2) is 12.2. The number of carboxylic acid groups (broad SMARTS) is 1. The second-order valence-electron chi connectivity index (χ2n) is 13.4. The van der Waals surface area contributed by atoms with Crippen LogP contribution in [0.15, 0.2) is 36.5 Å². The number of rotatable bonds is 3. The number of carbonyl (C=O) groups is 1. The standard InChI is InChI=1S/C34H43N5O4S/c1-22-28(29(32(40)41)43-33(2,3)4)31-38-15-13-34(5,14-16-38)42-17-8-6-7-10-23-11-9-12-24(18-23)19-25-21-35-30(44-25)26-20-27(36-22)39(31)37-26/h9,11-12,18,20-21,29H,6-8,10,13-17,19H2,1-5H3,(H,40,41). The van der Waals surface area contributed by atoms with E-state index in [1.165, 1.54) is 16.0 Å². The van der Waals surface area contributed by atoms with E-state index in [4.69, 9.17) is 24.5 Å². The van der Waals surface area contributed by atoms with Gasteiger partial charge < -0.3 is 19.5 Å². The van der Waals surface area contributed by atoms with Crippen molar-refractivity contribution in [3.8, 4) is 10.7 Å². The Labute approximate surface area is 263 Å². The monoisotopic (exact) mass is 617 g/mol. The molecule has 44 heavy (non-hydrogen) atoms. The molecule has 1 aromatic carbocycles. The van der Waals surface area contributed by atoms with Gasteiger partial charge in [-0.1, -0.05) is 30.7 Å². The Hall–Kier alpha value is -3.34. The zero-order chi connectivity index (χ0) is 31.1. The summed E-state index contributed by atoms with van der Waals surface area (Å²) < 4.78 is 14.5. The number of piperidine rings is 1. The summed E-state index contributed by atoms with van der Waals surface area (Å²) in [6.45, 7) is 11.8. The van der Waals surface area contributed by atoms with Crippen LogP contribution in [0, 0.1) is 6.92 Å². The van der Waals surface area contributed by atoms with Gasteiger partial charge in [-0.2, -0.15) is 9.61 Å². The van der Waals surface area contributed by atoms with Gasteiger partial charge in [0.15, 0.2) is 11.8 Å². The summed E-state index contributed by atoms with van der Waals surface area (Å²) in [5.74, 6) is -0.328. The Bertz CT molecular complexity index is 1650. The maximum atomic E-state index is 12.7. The molecule has 0 spiro atoms. The van der Waals surface area contributed by atoms with Crippen LogP contribution in [0.4, 0.5) is 5.82 Å². The Morgan fingerprint density at radius 3 is 2.66 bits per heavy atom. The SMILES string of the molecule is Cc1nc2cc3nn2c(c1C(OC(C)(C)C)C(=O)O)N1CCC(C)(CC1)OCCCCCc1cccc(c1)Cc1cnc-3s1. The quantitative estimate of drug-likeness (QED) is 0.268. The number of hydrogen-bond acceptors (Lipinski definition) is 8. The van der Waals surface area contributed by atoms with E-state index in [9.17, 15) is 9.90 Å². The van der Waals surface area contributed by atoms with Gasteiger partial charge >= 0.3 is 5.97 Å². The molecule has 0 amide bonds. The van der Waals surface area contributed by atoms with Crippen molar-refractivity contribution in [2.75, 3.05) is 24.6 Å². The van der Waals surface area contributed by atoms with Crippen molar-refractivity contribution in [2.24, 2.45) is 0 Å². The molecule has 3 aliphatic heterocycles. The van der Waals surface area contributed by atoms with Crippen LogP contribution in [-0.4, -0.2) is 61.6 Å². The molecule has 1 saturated heterocycles. The number of aliphatic carboxylic acids is 1. The molecule has 10 heteroatoms. The molecule has 1 atom stereocenters. The lowest BCUT2D eigenvalue weighted by atomic mass is 9.92. The molecule has 0 saturated carbocycles. The fourth-order valence-electron chi connectivity index (χ4n) is 6.28. The molecule has 0 radical (unpaired) electrons. The lowest BCUT2D eigenvalue weighted by Crippen LogP contribution is -2.46. The number of thiazole rings is 1. The number of benzene rings is 1. The van der Waals surface area contributed by atoms with E-state index in [-0.39, 0.29) is 5.60 Å². The number of hydrogen-bond donors (Lipinski definition) is 1. The third-order valence-corrected chi connectivity index (χ3v) is 9.61. The van der Waals surface area contributed by atoms with Crippen molar-refractivity contribution < 1.29 is 19.4 Å². The summed E-state index contributed by atoms with van der Waals surface area (Å²) in [5, 5.41) is 16.3. The number of aromatic nitrogens is 4. The lowest BCUT2D eigenvalue weighted by molar-refractivity contribution is -0.160. The van der Waals surface area contributed by atoms with Crippen LogP contribution in [0.1, 0.15) is 93.2 Å². The molecule has 6 heterocycles. The Morgan fingerprint density at radius 1 is 1.14 bits per heavy atom. The molecule has 3 aromatic heterocycles. The highest BCUT2D eigenvalue weighted by Crippen LogP contribution is 2.39. The van der Waals surface area contributed by atoms with Crippen LogP contribution in [0.2, 0.25) is 0 Å². The second-order valence-corrected chi connectivity index (χ2v) is 14.5. The highest BCUT2D eigenvalue weighted by molar-refractivity contribution is 7.15. The van der Waals surface area contributed by atoms with Gasteiger partial charge in [0.2, 0.25) is 0 Å². The smallest absolute Gasteiger partial charge is 0.337 e. The molecule has 234 valence electrons. The first kappa shape index (κ1) is 30.7. The predicted octanol–water partition coefficient (Wildman–Crippen LogP) is 6.79. The zero-order valence-electron chi connectivity index (χ0n) is 26.4. The minimum absolute atomic E-state index is 0.231. The van der Waals surface area contributed by atoms with Gasteiger partial charge in [0, 0.05) is 49.0 Å². The first-order chi connectivity index (χ1) is 21.0. The topological polar surface area (TPSA) is 102 Å². The van der Waals surface area contributed by atoms with E-state index in [1.807, 2.05) is 40.0 Å². The Morgan fingerprint density at radius 2 is 1.91 bits per heavy atom. The lowest BCUT2D eigenvalue weighted by Gasteiger charge is -2.41. The fraction of sp³-hybridized carbons (Fsp3) is 0.529. The van der Waals surface area contributed by atoms with Crippen LogP contribution in [0.25, 0.3) is 16.3 Å². The number of nitrogens with zero attached hydrogens (tertiary/aromatic N) is 5. The molecule has 0 aliphatic carbocycles. The Balaban J connectivity index is 1.46. The summed E-state index contributed by atoms with van der Waals surface area (Å²) >= 11 is 1.64. The van der Waals surface area contributed by atoms with Gasteiger partial charge in [-0.05, 0) is 77.8 Å². The third kappa shape index (κ3) is 6.67. The molecule has 1 fully saturated rings. The maximum Gasteiger partial charge on any atom is 0.337 e. The van der Waals surface area contributed by atoms with E-state index in [0.717, 1.165) is 68.1 Å². The summed E-state index contributed by atoms with van der Waals surface area (Å²) in [7, 11) is 0. The van der Waals surface area contributed by atoms with Gasteiger partial charge in [-0.25, -0.2) is 14.8 Å². The van der Waals surface area contributed by atoms with E-state index in [0.29, 0.717) is 30.0 Å². The van der Waals surface area contributed by atoms with Crippen LogP contribution in [0.3, 0.4) is 0 Å². The molecule has 1 unspecified atom stereocenters. The fourth-order valence-corrected chi connectivity index (χ4v) is 7.19. The molecule has 3 aliphatic rings. The molecule has 9 nitrogen and oxygen atoms in total. The van der Waals surface area contributed by atoms with Gasteiger partial charge in [-0.15, -0.1) is 11.3 Å². The first-order valence-corrected chi connectivity index (χ1v) is 16.5. The van der Waals surface area contributed by atoms with Crippen molar-refractivity contribution in [1.29, 1.82) is 0 Å². The zero-order valence-corrected chi connectivity index (χ0v) is 27.2. The van der Waals surface area contributed by atoms with Gasteiger partial charge in [0.1, 0.15) is 16.5 Å². The van der Waals surface area contributed by atoms with Crippen LogP contribution < -0.4 is 4.90 Å². The predicted molar refractivity (Wildman–Crippen MR) is 173 cm³/mol. The van der Waals surface area contributed by atoms with E-state index < -0.39 is 17.7 Å². The van der Waals surface area contributed by atoms with Gasteiger partial charge in [0.05, 0.1) is 16.8 Å². The minimum Gasteiger partial charge on any atom is -0.479 e. The summed E-state index contributed by atoms with van der Waals surface area (Å²) in [6.07, 6.45) is 7.59. The normalized spacial score (nSPS) is 18.3.